The van der Waals surface area contributed by atoms with Gasteiger partial charge in [0, 0.05) is 6.54 Å². The van der Waals surface area contributed by atoms with Gasteiger partial charge in [-0.3, -0.25) is 4.84 Å². The van der Waals surface area contributed by atoms with Crippen LogP contribution in [-0.2, 0) is 14.4 Å². The average Bonchev–Trinajstić information content (AvgIpc) is 2.63. The van der Waals surface area contributed by atoms with Gasteiger partial charge in [0.25, 0.3) is 0 Å². The van der Waals surface area contributed by atoms with Crippen molar-refractivity contribution in [3.63, 3.8) is 0 Å². The van der Waals surface area contributed by atoms with E-state index in [1.54, 1.807) is 0 Å². The highest BCUT2D eigenvalue weighted by Gasteiger charge is 2.72. The number of carbonyl (C=O) groups excluding carboxylic acids is 1. The Kier molecular flexibility index (Phi) is 3.28. The number of hydroxylamine groups is 2. The summed E-state index contributed by atoms with van der Waals surface area (Å²) in [7, 11) is 0.958. The predicted octanol–water partition coefficient (Wildman–Crippen LogP) is 0.621. The van der Waals surface area contributed by atoms with Crippen molar-refractivity contribution in [3.8, 4) is 0 Å². The number of nitrogens with zero attached hydrogens (tertiary/aromatic N) is 1. The van der Waals surface area contributed by atoms with Gasteiger partial charge < -0.3 is 9.84 Å². The third-order valence-electron chi connectivity index (χ3n) is 3.47. The standard InChI is InChI=1S/C10H14F3NO4/c1-17-8(15)7-9(16,10(11,12)13)6-4-2-3-5-14(6)18-7/h6-7,16H,2-5H2,1H3/t6-,7-,9+/m1/s1. The van der Waals surface area contributed by atoms with Gasteiger partial charge in [-0.2, -0.15) is 18.2 Å². The van der Waals surface area contributed by atoms with E-state index >= 15 is 0 Å². The van der Waals surface area contributed by atoms with Crippen molar-refractivity contribution in [1.82, 2.24) is 5.06 Å². The number of methoxy groups -OCH3 is 1. The van der Waals surface area contributed by atoms with Crippen LogP contribution in [0.2, 0.25) is 0 Å². The Labute approximate surface area is 101 Å². The molecule has 8 heteroatoms. The van der Waals surface area contributed by atoms with Crippen molar-refractivity contribution in [3.05, 3.63) is 0 Å². The first-order chi connectivity index (χ1) is 8.32. The Bertz CT molecular complexity index is 349. The molecule has 0 spiro atoms. The number of piperidine rings is 1. The number of ether oxygens (including phenoxy) is 1. The minimum absolute atomic E-state index is 0.128. The normalized spacial score (nSPS) is 37.4. The third kappa shape index (κ3) is 1.79. The number of fused-ring (bicyclic) bond motifs is 1. The topological polar surface area (TPSA) is 59.0 Å². The van der Waals surface area contributed by atoms with E-state index in [9.17, 15) is 23.1 Å². The summed E-state index contributed by atoms with van der Waals surface area (Å²) in [6.45, 7) is 0.260. The summed E-state index contributed by atoms with van der Waals surface area (Å²) in [5.74, 6) is -1.22. The molecular formula is C10H14F3NO4. The smallest absolute Gasteiger partial charge is 0.422 e. The van der Waals surface area contributed by atoms with Gasteiger partial charge in [-0.25, -0.2) is 4.79 Å². The maximum absolute atomic E-state index is 13.1. The van der Waals surface area contributed by atoms with Crippen molar-refractivity contribution in [2.24, 2.45) is 0 Å². The molecule has 2 aliphatic rings. The minimum Gasteiger partial charge on any atom is -0.467 e. The first-order valence-corrected chi connectivity index (χ1v) is 5.62. The molecule has 0 aromatic heterocycles. The average molecular weight is 269 g/mol. The van der Waals surface area contributed by atoms with Crippen molar-refractivity contribution in [2.45, 2.75) is 43.2 Å². The first kappa shape index (κ1) is 13.6. The molecule has 2 saturated heterocycles. The summed E-state index contributed by atoms with van der Waals surface area (Å²) in [5.41, 5.74) is -3.21. The van der Waals surface area contributed by atoms with E-state index < -0.39 is 29.9 Å². The quantitative estimate of drug-likeness (QED) is 0.707. The molecule has 0 aliphatic carbocycles. The summed E-state index contributed by atoms with van der Waals surface area (Å²) >= 11 is 0. The van der Waals surface area contributed by atoms with Gasteiger partial charge in [0.15, 0.2) is 0 Å². The highest BCUT2D eigenvalue weighted by molar-refractivity contribution is 5.77. The number of carbonyl (C=O) groups is 1. The number of esters is 1. The largest absolute Gasteiger partial charge is 0.467 e. The van der Waals surface area contributed by atoms with Gasteiger partial charge in [0.05, 0.1) is 13.2 Å². The molecule has 0 bridgehead atoms. The lowest BCUT2D eigenvalue weighted by Gasteiger charge is -2.36. The van der Waals surface area contributed by atoms with E-state index in [2.05, 4.69) is 4.74 Å². The Morgan fingerprint density at radius 2 is 2.17 bits per heavy atom. The van der Waals surface area contributed by atoms with Crippen LogP contribution in [0.25, 0.3) is 0 Å². The van der Waals surface area contributed by atoms with Crippen LogP contribution in [-0.4, -0.2) is 53.7 Å². The van der Waals surface area contributed by atoms with Crippen LogP contribution in [0.4, 0.5) is 13.2 Å². The van der Waals surface area contributed by atoms with Gasteiger partial charge in [-0.15, -0.1) is 0 Å². The summed E-state index contributed by atoms with van der Waals surface area (Å²) in [4.78, 5) is 16.3. The molecule has 3 atom stereocenters. The number of hydrogen-bond acceptors (Lipinski definition) is 5. The highest BCUT2D eigenvalue weighted by Crippen LogP contribution is 2.47. The lowest BCUT2D eigenvalue weighted by atomic mass is 9.84. The van der Waals surface area contributed by atoms with Crippen LogP contribution >= 0.6 is 0 Å². The summed E-state index contributed by atoms with van der Waals surface area (Å²) < 4.78 is 43.6. The van der Waals surface area contributed by atoms with Crippen LogP contribution < -0.4 is 0 Å². The molecule has 0 amide bonds. The molecule has 2 heterocycles. The van der Waals surface area contributed by atoms with E-state index in [0.717, 1.165) is 12.2 Å². The lowest BCUT2D eigenvalue weighted by Crippen LogP contribution is -2.62. The van der Waals surface area contributed by atoms with E-state index in [4.69, 9.17) is 4.84 Å². The Morgan fingerprint density at radius 3 is 2.72 bits per heavy atom. The van der Waals surface area contributed by atoms with E-state index in [-0.39, 0.29) is 13.0 Å². The molecule has 2 rings (SSSR count). The van der Waals surface area contributed by atoms with Gasteiger partial charge in [-0.05, 0) is 12.8 Å². The van der Waals surface area contributed by atoms with Crippen LogP contribution in [0.15, 0.2) is 0 Å². The van der Waals surface area contributed by atoms with Gasteiger partial charge in [-0.1, -0.05) is 6.42 Å². The van der Waals surface area contributed by atoms with E-state index in [0.29, 0.717) is 12.8 Å². The zero-order valence-corrected chi connectivity index (χ0v) is 9.74. The van der Waals surface area contributed by atoms with Gasteiger partial charge in [0.1, 0.15) is 0 Å². The molecule has 0 saturated carbocycles. The number of alkyl halides is 3. The number of hydrogen-bond donors (Lipinski definition) is 1. The van der Waals surface area contributed by atoms with E-state index in [1.165, 1.54) is 0 Å². The lowest BCUT2D eigenvalue weighted by molar-refractivity contribution is -0.277. The fraction of sp³-hybridized carbons (Fsp3) is 0.900. The molecule has 18 heavy (non-hydrogen) atoms. The Morgan fingerprint density at radius 1 is 1.50 bits per heavy atom. The fourth-order valence-electron chi connectivity index (χ4n) is 2.53. The molecule has 5 nitrogen and oxygen atoms in total. The van der Waals surface area contributed by atoms with Crippen molar-refractivity contribution >= 4 is 5.97 Å². The minimum atomic E-state index is -4.96. The molecule has 0 unspecified atom stereocenters. The maximum Gasteiger partial charge on any atom is 0.422 e. The van der Waals surface area contributed by atoms with Crippen LogP contribution in [0.1, 0.15) is 19.3 Å². The molecular weight excluding hydrogens is 255 g/mol. The second kappa shape index (κ2) is 4.36. The zero-order chi connectivity index (χ0) is 13.6. The summed E-state index contributed by atoms with van der Waals surface area (Å²) in [5, 5.41) is 11.0. The van der Waals surface area contributed by atoms with Crippen LogP contribution in [0.5, 0.6) is 0 Å². The van der Waals surface area contributed by atoms with Gasteiger partial charge >= 0.3 is 12.1 Å². The number of aliphatic hydroxyl groups is 1. The molecule has 0 radical (unpaired) electrons. The van der Waals surface area contributed by atoms with Crippen molar-refractivity contribution in [2.75, 3.05) is 13.7 Å². The molecule has 104 valence electrons. The number of rotatable bonds is 1. The summed E-state index contributed by atoms with van der Waals surface area (Å²) in [6, 6.07) is -1.25. The van der Waals surface area contributed by atoms with Crippen LogP contribution in [0, 0.1) is 0 Å². The zero-order valence-electron chi connectivity index (χ0n) is 9.74. The molecule has 2 fully saturated rings. The monoisotopic (exact) mass is 269 g/mol. The second-order valence-corrected chi connectivity index (χ2v) is 4.48. The molecule has 1 N–H and O–H groups in total. The summed E-state index contributed by atoms with van der Waals surface area (Å²) in [6.07, 6.45) is -5.66. The predicted molar refractivity (Wildman–Crippen MR) is 52.2 cm³/mol. The molecule has 0 aromatic carbocycles. The maximum atomic E-state index is 13.1. The Balaban J connectivity index is 2.38. The van der Waals surface area contributed by atoms with E-state index in [1.807, 2.05) is 0 Å². The SMILES string of the molecule is COC(=O)[C@H]1ON2CCCC[C@@H]2[C@@]1(O)C(F)(F)F. The highest BCUT2D eigenvalue weighted by atomic mass is 19.4. The second-order valence-electron chi connectivity index (χ2n) is 4.48. The van der Waals surface area contributed by atoms with Crippen molar-refractivity contribution < 1.29 is 32.6 Å². The third-order valence-corrected chi connectivity index (χ3v) is 3.47. The molecule has 0 aromatic rings. The number of halogens is 3. The fourth-order valence-corrected chi connectivity index (χ4v) is 2.53. The Hall–Kier alpha value is -0.860. The van der Waals surface area contributed by atoms with Crippen molar-refractivity contribution in [1.29, 1.82) is 0 Å². The van der Waals surface area contributed by atoms with Crippen LogP contribution in [0.3, 0.4) is 0 Å². The van der Waals surface area contributed by atoms with Gasteiger partial charge in [0.2, 0.25) is 11.7 Å². The first-order valence-electron chi connectivity index (χ1n) is 5.62. The molecule has 2 aliphatic heterocycles.